The summed E-state index contributed by atoms with van der Waals surface area (Å²) in [6, 6.07) is 40.5. The van der Waals surface area contributed by atoms with Crippen LogP contribution in [0.2, 0.25) is 0 Å². The van der Waals surface area contributed by atoms with Gasteiger partial charge in [0.1, 0.15) is 11.6 Å². The van der Waals surface area contributed by atoms with Gasteiger partial charge in [-0.3, -0.25) is 0 Å². The van der Waals surface area contributed by atoms with E-state index in [2.05, 4.69) is 79.1 Å². The lowest BCUT2D eigenvalue weighted by atomic mass is 9.91. The van der Waals surface area contributed by atoms with Gasteiger partial charge in [-0.05, 0) is 96.8 Å². The molecule has 0 N–H and O–H groups in total. The van der Waals surface area contributed by atoms with Gasteiger partial charge in [0, 0.05) is 16.8 Å². The average Bonchev–Trinajstić information content (AvgIpc) is 3.31. The summed E-state index contributed by atoms with van der Waals surface area (Å²) in [5.74, 6) is -0.572. The topological polar surface area (TPSA) is 4.93 Å². The van der Waals surface area contributed by atoms with Crippen LogP contribution in [0, 0.1) is 25.5 Å². The molecule has 0 spiro atoms. The third-order valence-electron chi connectivity index (χ3n) is 7.10. The van der Waals surface area contributed by atoms with E-state index in [9.17, 15) is 8.78 Å². The Morgan fingerprint density at radius 2 is 0.769 bits per heavy atom. The number of benzene rings is 5. The van der Waals surface area contributed by atoms with Crippen molar-refractivity contribution in [3.05, 3.63) is 150 Å². The summed E-state index contributed by atoms with van der Waals surface area (Å²) in [7, 11) is 0. The van der Waals surface area contributed by atoms with Gasteiger partial charge in [0.2, 0.25) is 0 Å². The quantitative estimate of drug-likeness (QED) is 0.217. The molecule has 190 valence electrons. The van der Waals surface area contributed by atoms with Gasteiger partial charge in [-0.1, -0.05) is 77.9 Å². The summed E-state index contributed by atoms with van der Waals surface area (Å²) in [5, 5.41) is 0. The van der Waals surface area contributed by atoms with Crippen molar-refractivity contribution in [3.8, 4) is 50.5 Å². The zero-order valence-electron chi connectivity index (χ0n) is 21.8. The van der Waals surface area contributed by atoms with E-state index >= 15 is 0 Å². The third kappa shape index (κ3) is 4.68. The van der Waals surface area contributed by atoms with Crippen LogP contribution in [0.5, 0.6) is 0 Å². The van der Waals surface area contributed by atoms with Gasteiger partial charge in [0.15, 0.2) is 0 Å². The molecule has 0 fully saturated rings. The van der Waals surface area contributed by atoms with E-state index in [4.69, 9.17) is 0 Å². The summed E-state index contributed by atoms with van der Waals surface area (Å²) in [5.41, 5.74) is 11.1. The number of aryl methyl sites for hydroxylation is 2. The molecule has 1 nitrogen and oxygen atoms in total. The number of aromatic nitrogens is 1. The molecule has 3 heteroatoms. The summed E-state index contributed by atoms with van der Waals surface area (Å²) in [4.78, 5) is 0. The first-order chi connectivity index (χ1) is 19.0. The minimum absolute atomic E-state index is 0.286. The lowest BCUT2D eigenvalue weighted by molar-refractivity contribution is 0.627. The fourth-order valence-corrected chi connectivity index (χ4v) is 5.17. The van der Waals surface area contributed by atoms with Crippen LogP contribution in [-0.2, 0) is 0 Å². The Labute approximate surface area is 227 Å². The maximum Gasteiger partial charge on any atom is 0.123 e. The second-order valence-electron chi connectivity index (χ2n) is 9.86. The Balaban J connectivity index is 1.84. The fourth-order valence-electron chi connectivity index (χ4n) is 5.17. The maximum atomic E-state index is 14.1. The van der Waals surface area contributed by atoms with Gasteiger partial charge < -0.3 is 4.57 Å². The minimum atomic E-state index is -0.286. The second-order valence-corrected chi connectivity index (χ2v) is 9.86. The highest BCUT2D eigenvalue weighted by Crippen LogP contribution is 2.49. The summed E-state index contributed by atoms with van der Waals surface area (Å²) < 4.78 is 30.5. The number of hydrogen-bond donors (Lipinski definition) is 0. The molecule has 0 unspecified atom stereocenters. The van der Waals surface area contributed by atoms with E-state index in [-0.39, 0.29) is 11.6 Å². The van der Waals surface area contributed by atoms with Crippen molar-refractivity contribution < 1.29 is 8.78 Å². The Hall–Kier alpha value is -4.76. The van der Waals surface area contributed by atoms with Crippen molar-refractivity contribution in [3.63, 3.8) is 0 Å². The van der Waals surface area contributed by atoms with Crippen molar-refractivity contribution in [2.75, 3.05) is 0 Å². The van der Waals surface area contributed by atoms with Crippen LogP contribution < -0.4 is 0 Å². The highest BCUT2D eigenvalue weighted by atomic mass is 19.1. The van der Waals surface area contributed by atoms with E-state index < -0.39 is 0 Å². The number of para-hydroxylation sites is 1. The number of halogens is 2. The van der Waals surface area contributed by atoms with Gasteiger partial charge in [-0.15, -0.1) is 0 Å². The zero-order valence-corrected chi connectivity index (χ0v) is 21.8. The average molecular weight is 512 g/mol. The molecule has 0 amide bonds. The second kappa shape index (κ2) is 10.2. The molecule has 0 atom stereocenters. The Morgan fingerprint density at radius 3 is 1.15 bits per heavy atom. The van der Waals surface area contributed by atoms with Gasteiger partial charge in [-0.25, -0.2) is 8.78 Å². The molecule has 39 heavy (non-hydrogen) atoms. The van der Waals surface area contributed by atoms with Crippen molar-refractivity contribution in [2.45, 2.75) is 13.8 Å². The lowest BCUT2D eigenvalue weighted by Crippen LogP contribution is -2.00. The van der Waals surface area contributed by atoms with Gasteiger partial charge in [-0.2, -0.15) is 0 Å². The molecule has 0 aliphatic rings. The monoisotopic (exact) mass is 511 g/mol. The van der Waals surface area contributed by atoms with Crippen LogP contribution in [0.25, 0.3) is 50.5 Å². The third-order valence-corrected chi connectivity index (χ3v) is 7.10. The van der Waals surface area contributed by atoms with Crippen LogP contribution in [0.3, 0.4) is 0 Å². The largest absolute Gasteiger partial charge is 0.308 e. The smallest absolute Gasteiger partial charge is 0.123 e. The number of nitrogens with zero attached hydrogens (tertiary/aromatic N) is 1. The molecule has 0 bridgehead atoms. The Bertz CT molecular complexity index is 1620. The van der Waals surface area contributed by atoms with E-state index in [1.54, 1.807) is 0 Å². The standard InChI is InChI=1S/C36H27F2N/c1-24-8-12-26(13-9-24)33-34(27-14-10-25(2)11-15-27)36(29-18-22-31(38)23-19-29)39(32-6-4-3-5-7-32)35(33)28-16-20-30(37)21-17-28/h3-23H,1-2H3. The van der Waals surface area contributed by atoms with Crippen molar-refractivity contribution in [1.29, 1.82) is 0 Å². The molecule has 1 aromatic heterocycles. The van der Waals surface area contributed by atoms with Crippen LogP contribution in [0.4, 0.5) is 8.78 Å². The molecular formula is C36H27F2N. The van der Waals surface area contributed by atoms with Gasteiger partial charge in [0.25, 0.3) is 0 Å². The molecule has 0 saturated carbocycles. The fraction of sp³-hybridized carbons (Fsp3) is 0.0556. The van der Waals surface area contributed by atoms with E-state index in [0.717, 1.165) is 50.5 Å². The lowest BCUT2D eigenvalue weighted by Gasteiger charge is -2.16. The van der Waals surface area contributed by atoms with Crippen LogP contribution >= 0.6 is 0 Å². The first-order valence-corrected chi connectivity index (χ1v) is 13.0. The van der Waals surface area contributed by atoms with Crippen molar-refractivity contribution in [1.82, 2.24) is 4.57 Å². The van der Waals surface area contributed by atoms with Crippen molar-refractivity contribution >= 4 is 0 Å². The SMILES string of the molecule is Cc1ccc(-c2c(-c3ccc(C)cc3)c(-c3ccc(F)cc3)n(-c3ccccc3)c2-c2ccc(F)cc2)cc1. The maximum absolute atomic E-state index is 14.1. The molecule has 0 aliphatic carbocycles. The molecule has 0 aliphatic heterocycles. The van der Waals surface area contributed by atoms with Crippen LogP contribution in [0.15, 0.2) is 127 Å². The number of rotatable bonds is 5. The Morgan fingerprint density at radius 1 is 0.410 bits per heavy atom. The first-order valence-electron chi connectivity index (χ1n) is 13.0. The van der Waals surface area contributed by atoms with E-state index in [0.29, 0.717) is 0 Å². The first kappa shape index (κ1) is 24.6. The molecule has 6 rings (SSSR count). The summed E-state index contributed by atoms with van der Waals surface area (Å²) in [6.07, 6.45) is 0. The van der Waals surface area contributed by atoms with Gasteiger partial charge in [0.05, 0.1) is 11.4 Å². The number of hydrogen-bond acceptors (Lipinski definition) is 0. The molecular weight excluding hydrogens is 484 g/mol. The summed E-state index contributed by atoms with van der Waals surface area (Å²) in [6.45, 7) is 4.15. The molecule has 5 aromatic carbocycles. The minimum Gasteiger partial charge on any atom is -0.308 e. The predicted octanol–water partition coefficient (Wildman–Crippen LogP) is 10.0. The highest BCUT2D eigenvalue weighted by molar-refractivity contribution is 6.03. The predicted molar refractivity (Wildman–Crippen MR) is 157 cm³/mol. The van der Waals surface area contributed by atoms with E-state index in [1.165, 1.54) is 35.4 Å². The van der Waals surface area contributed by atoms with Crippen molar-refractivity contribution in [2.24, 2.45) is 0 Å². The van der Waals surface area contributed by atoms with Gasteiger partial charge >= 0.3 is 0 Å². The van der Waals surface area contributed by atoms with Crippen LogP contribution in [0.1, 0.15) is 11.1 Å². The summed E-state index contributed by atoms with van der Waals surface area (Å²) >= 11 is 0. The van der Waals surface area contributed by atoms with Crippen LogP contribution in [-0.4, -0.2) is 4.57 Å². The zero-order chi connectivity index (χ0) is 26.9. The molecule has 1 heterocycles. The highest BCUT2D eigenvalue weighted by Gasteiger charge is 2.28. The molecule has 6 aromatic rings. The Kier molecular flexibility index (Phi) is 6.42. The molecule has 0 saturated heterocycles. The van der Waals surface area contributed by atoms with E-state index in [1.807, 2.05) is 42.5 Å². The normalized spacial score (nSPS) is 11.1. The molecule has 0 radical (unpaired) electrons.